The molecule has 1 fully saturated rings. The zero-order chi connectivity index (χ0) is 22.4. The molecule has 1 unspecified atom stereocenters. The van der Waals surface area contributed by atoms with E-state index in [4.69, 9.17) is 14.2 Å². The van der Waals surface area contributed by atoms with Gasteiger partial charge in [0.1, 0.15) is 23.9 Å². The molecule has 1 aliphatic heterocycles. The van der Waals surface area contributed by atoms with E-state index in [2.05, 4.69) is 6.58 Å². The summed E-state index contributed by atoms with van der Waals surface area (Å²) in [6.07, 6.45) is 1.63. The highest BCUT2D eigenvalue weighted by Crippen LogP contribution is 2.39. The van der Waals surface area contributed by atoms with E-state index in [0.717, 1.165) is 0 Å². The lowest BCUT2D eigenvalue weighted by atomic mass is 9.95. The topological polar surface area (TPSA) is 85.3 Å². The first kappa shape index (κ1) is 22.1. The van der Waals surface area contributed by atoms with Gasteiger partial charge < -0.3 is 24.2 Å². The van der Waals surface area contributed by atoms with Gasteiger partial charge in [-0.2, -0.15) is 0 Å². The van der Waals surface area contributed by atoms with Crippen molar-refractivity contribution >= 4 is 17.4 Å². The number of rotatable bonds is 9. The van der Waals surface area contributed by atoms with E-state index < -0.39 is 17.7 Å². The molecule has 7 heteroatoms. The molecule has 1 amide bonds. The third-order valence-electron chi connectivity index (χ3n) is 5.00. The van der Waals surface area contributed by atoms with Crippen LogP contribution in [-0.2, 0) is 14.3 Å². The molecule has 31 heavy (non-hydrogen) atoms. The predicted octanol–water partition coefficient (Wildman–Crippen LogP) is 3.33. The summed E-state index contributed by atoms with van der Waals surface area (Å²) in [5.74, 6) is -0.405. The summed E-state index contributed by atoms with van der Waals surface area (Å²) in [5, 5.41) is 11.0. The Morgan fingerprint density at radius 2 is 1.71 bits per heavy atom. The van der Waals surface area contributed by atoms with Crippen LogP contribution in [-0.4, -0.2) is 55.7 Å². The van der Waals surface area contributed by atoms with Crippen molar-refractivity contribution in [1.82, 2.24) is 4.90 Å². The van der Waals surface area contributed by atoms with Gasteiger partial charge in [0.15, 0.2) is 0 Å². The largest absolute Gasteiger partial charge is 0.507 e. The highest BCUT2D eigenvalue weighted by molar-refractivity contribution is 6.46. The molecule has 0 aliphatic carbocycles. The molecule has 1 N–H and O–H groups in total. The van der Waals surface area contributed by atoms with E-state index in [1.807, 2.05) is 0 Å². The molecule has 0 radical (unpaired) electrons. The molecule has 1 heterocycles. The Bertz CT molecular complexity index is 978. The Labute approximate surface area is 181 Å². The number of hydrogen-bond donors (Lipinski definition) is 1. The molecule has 162 valence electrons. The van der Waals surface area contributed by atoms with Crippen molar-refractivity contribution in [3.8, 4) is 11.5 Å². The molecule has 7 nitrogen and oxygen atoms in total. The summed E-state index contributed by atoms with van der Waals surface area (Å²) in [6.45, 7) is 4.43. The van der Waals surface area contributed by atoms with Gasteiger partial charge in [-0.05, 0) is 42.0 Å². The Hall–Kier alpha value is -3.58. The maximum atomic E-state index is 12.9. The number of hydrogen-bond acceptors (Lipinski definition) is 6. The highest BCUT2D eigenvalue weighted by Gasteiger charge is 2.45. The van der Waals surface area contributed by atoms with Crippen molar-refractivity contribution in [2.75, 3.05) is 34.0 Å². The number of nitrogens with zero attached hydrogens (tertiary/aromatic N) is 1. The maximum Gasteiger partial charge on any atom is 0.295 e. The summed E-state index contributed by atoms with van der Waals surface area (Å²) in [7, 11) is 3.08. The van der Waals surface area contributed by atoms with Crippen LogP contribution in [0.5, 0.6) is 11.5 Å². The maximum absolute atomic E-state index is 12.9. The average molecular weight is 423 g/mol. The Morgan fingerprint density at radius 1 is 1.06 bits per heavy atom. The van der Waals surface area contributed by atoms with E-state index in [1.54, 1.807) is 61.7 Å². The molecule has 3 rings (SSSR count). The van der Waals surface area contributed by atoms with Crippen molar-refractivity contribution in [3.05, 3.63) is 77.9 Å². The van der Waals surface area contributed by atoms with E-state index in [9.17, 15) is 14.7 Å². The van der Waals surface area contributed by atoms with E-state index in [1.165, 1.54) is 12.0 Å². The van der Waals surface area contributed by atoms with Crippen molar-refractivity contribution < 1.29 is 28.9 Å². The fraction of sp³-hybridized carbons (Fsp3) is 0.250. The van der Waals surface area contributed by atoms with Gasteiger partial charge in [-0.1, -0.05) is 24.8 Å². The molecular weight excluding hydrogens is 398 g/mol. The molecule has 0 spiro atoms. The summed E-state index contributed by atoms with van der Waals surface area (Å²) in [5.41, 5.74) is 1.13. The van der Waals surface area contributed by atoms with Gasteiger partial charge >= 0.3 is 0 Å². The second kappa shape index (κ2) is 9.95. The first-order valence-corrected chi connectivity index (χ1v) is 9.77. The van der Waals surface area contributed by atoms with Crippen molar-refractivity contribution in [1.29, 1.82) is 0 Å². The average Bonchev–Trinajstić information content (AvgIpc) is 3.06. The van der Waals surface area contributed by atoms with Crippen molar-refractivity contribution in [3.63, 3.8) is 0 Å². The smallest absolute Gasteiger partial charge is 0.295 e. The number of benzene rings is 2. The van der Waals surface area contributed by atoms with Crippen LogP contribution >= 0.6 is 0 Å². The minimum atomic E-state index is -0.738. The number of amides is 1. The fourth-order valence-corrected chi connectivity index (χ4v) is 3.45. The normalized spacial score (nSPS) is 17.6. The number of carbonyl (C=O) groups excluding carboxylic acids is 2. The lowest BCUT2D eigenvalue weighted by Crippen LogP contribution is -2.32. The Morgan fingerprint density at radius 3 is 2.29 bits per heavy atom. The zero-order valence-electron chi connectivity index (χ0n) is 17.5. The Kier molecular flexibility index (Phi) is 7.10. The number of ether oxygens (including phenoxy) is 3. The first-order chi connectivity index (χ1) is 15.0. The Balaban J connectivity index is 2.05. The number of Topliss-reactive ketones (excluding diaryl/α,β-unsaturated/α-hetero) is 1. The molecule has 2 aromatic rings. The quantitative estimate of drug-likeness (QED) is 0.288. The SMILES string of the molecule is C=CCOc1ccc(/C(O)=C2/C(=O)C(=O)N(CCOC)C2c2ccc(OC)cc2)cc1. The van der Waals surface area contributed by atoms with Crippen LogP contribution in [0.2, 0.25) is 0 Å². The van der Waals surface area contributed by atoms with Crippen LogP contribution < -0.4 is 9.47 Å². The number of aliphatic hydroxyl groups excluding tert-OH is 1. The number of ketones is 1. The van der Waals surface area contributed by atoms with Crippen molar-refractivity contribution in [2.45, 2.75) is 6.04 Å². The first-order valence-electron chi connectivity index (χ1n) is 9.77. The summed E-state index contributed by atoms with van der Waals surface area (Å²) >= 11 is 0. The molecule has 0 saturated carbocycles. The third-order valence-corrected chi connectivity index (χ3v) is 5.00. The molecule has 1 aliphatic rings. The van der Waals surface area contributed by atoms with Gasteiger partial charge in [-0.15, -0.1) is 0 Å². The third kappa shape index (κ3) is 4.62. The minimum Gasteiger partial charge on any atom is -0.507 e. The lowest BCUT2D eigenvalue weighted by Gasteiger charge is -2.25. The van der Waals surface area contributed by atoms with E-state index in [-0.39, 0.29) is 24.5 Å². The second-order valence-corrected chi connectivity index (χ2v) is 6.88. The molecule has 0 bridgehead atoms. The predicted molar refractivity (Wildman–Crippen MR) is 116 cm³/mol. The van der Waals surface area contributed by atoms with Gasteiger partial charge in [0, 0.05) is 19.2 Å². The molecule has 2 aromatic carbocycles. The molecule has 0 aromatic heterocycles. The number of methoxy groups -OCH3 is 2. The van der Waals surface area contributed by atoms with E-state index in [0.29, 0.717) is 29.2 Å². The van der Waals surface area contributed by atoms with Gasteiger partial charge in [0.2, 0.25) is 0 Å². The molecule has 1 saturated heterocycles. The van der Waals surface area contributed by atoms with Gasteiger partial charge in [-0.25, -0.2) is 0 Å². The van der Waals surface area contributed by atoms with Crippen LogP contribution in [0.3, 0.4) is 0 Å². The van der Waals surface area contributed by atoms with Crippen LogP contribution in [0.15, 0.2) is 66.8 Å². The van der Waals surface area contributed by atoms with Crippen LogP contribution in [0.4, 0.5) is 0 Å². The molecular formula is C24H25NO6. The minimum absolute atomic E-state index is 0.0334. The highest BCUT2D eigenvalue weighted by atomic mass is 16.5. The summed E-state index contributed by atoms with van der Waals surface area (Å²) in [6, 6.07) is 12.9. The second-order valence-electron chi connectivity index (χ2n) is 6.88. The summed E-state index contributed by atoms with van der Waals surface area (Å²) < 4.78 is 15.8. The number of carbonyl (C=O) groups is 2. The van der Waals surface area contributed by atoms with Gasteiger partial charge in [0.05, 0.1) is 25.3 Å². The monoisotopic (exact) mass is 423 g/mol. The zero-order valence-corrected chi connectivity index (χ0v) is 17.5. The lowest BCUT2D eigenvalue weighted by molar-refractivity contribution is -0.140. The number of aliphatic hydroxyl groups is 1. The molecule has 1 atom stereocenters. The summed E-state index contributed by atoms with van der Waals surface area (Å²) in [4.78, 5) is 27.1. The van der Waals surface area contributed by atoms with Crippen LogP contribution in [0, 0.1) is 0 Å². The fourth-order valence-electron chi connectivity index (χ4n) is 3.45. The van der Waals surface area contributed by atoms with Gasteiger partial charge in [-0.3, -0.25) is 9.59 Å². The number of likely N-dealkylation sites (tertiary alicyclic amines) is 1. The van der Waals surface area contributed by atoms with Crippen LogP contribution in [0.25, 0.3) is 5.76 Å². The standard InChI is InChI=1S/C24H25NO6/c1-4-14-31-19-11-7-17(8-12-19)22(26)20-21(16-5-9-18(30-3)10-6-16)25(13-15-29-2)24(28)23(20)27/h4-12,21,26H,1,13-15H2,2-3H3/b22-20-. The van der Waals surface area contributed by atoms with Gasteiger partial charge in [0.25, 0.3) is 11.7 Å². The van der Waals surface area contributed by atoms with Crippen LogP contribution in [0.1, 0.15) is 17.2 Å². The van der Waals surface area contributed by atoms with E-state index >= 15 is 0 Å². The van der Waals surface area contributed by atoms with Crippen molar-refractivity contribution in [2.24, 2.45) is 0 Å².